The lowest BCUT2D eigenvalue weighted by Crippen LogP contribution is -2.36. The maximum atomic E-state index is 12.7. The zero-order valence-electron chi connectivity index (χ0n) is 17.1. The van der Waals surface area contributed by atoms with Crippen molar-refractivity contribution < 1.29 is 24.6 Å². The number of nitrogens with zero attached hydrogens (tertiary/aromatic N) is 1. The van der Waals surface area contributed by atoms with Gasteiger partial charge in [-0.05, 0) is 48.7 Å². The average Bonchev–Trinajstić information content (AvgIpc) is 3.20. The molecule has 2 atom stereocenters. The molecule has 1 aliphatic rings. The number of anilines is 1. The van der Waals surface area contributed by atoms with Crippen LogP contribution < -0.4 is 5.32 Å². The molecule has 1 aliphatic carbocycles. The summed E-state index contributed by atoms with van der Waals surface area (Å²) >= 11 is 3.09. The molecule has 3 N–H and O–H groups in total. The van der Waals surface area contributed by atoms with Gasteiger partial charge in [0.15, 0.2) is 4.34 Å². The predicted molar refractivity (Wildman–Crippen MR) is 124 cm³/mol. The molecule has 4 rings (SSSR count). The summed E-state index contributed by atoms with van der Waals surface area (Å²) in [4.78, 5) is 39.8. The Morgan fingerprint density at radius 3 is 2.44 bits per heavy atom. The van der Waals surface area contributed by atoms with Crippen molar-refractivity contribution >= 4 is 56.8 Å². The highest BCUT2D eigenvalue weighted by Gasteiger charge is 2.35. The standard InChI is InChI=1S/C23H22N2O5S2/c26-20(16-3-1-2-4-17(16)22(29)30)24-15-9-10-18-19(11-15)32-23(25-18)31-12-13-5-7-14(8-6-13)21(27)28/h5-11,16-17H,1-4,12H2,(H,24,26)(H,27,28)(H,29,30). The lowest BCUT2D eigenvalue weighted by Gasteiger charge is -2.27. The third-order valence-electron chi connectivity index (χ3n) is 5.62. The van der Waals surface area contributed by atoms with Crippen molar-refractivity contribution in [1.82, 2.24) is 4.98 Å². The van der Waals surface area contributed by atoms with E-state index in [-0.39, 0.29) is 11.5 Å². The van der Waals surface area contributed by atoms with E-state index in [4.69, 9.17) is 5.11 Å². The van der Waals surface area contributed by atoms with E-state index in [0.29, 0.717) is 24.3 Å². The lowest BCUT2D eigenvalue weighted by molar-refractivity contribution is -0.147. The smallest absolute Gasteiger partial charge is 0.335 e. The number of carboxylic acids is 2. The number of aromatic carboxylic acids is 1. The molecule has 3 aromatic rings. The molecule has 166 valence electrons. The molecule has 0 radical (unpaired) electrons. The van der Waals surface area contributed by atoms with Gasteiger partial charge in [0.25, 0.3) is 0 Å². The molecule has 7 nitrogen and oxygen atoms in total. The Morgan fingerprint density at radius 2 is 1.75 bits per heavy atom. The first-order chi connectivity index (χ1) is 15.4. The maximum absolute atomic E-state index is 12.7. The normalized spacial score (nSPS) is 18.4. The third-order valence-corrected chi connectivity index (χ3v) is 7.85. The van der Waals surface area contributed by atoms with Crippen LogP contribution in [0.1, 0.15) is 41.6 Å². The SMILES string of the molecule is O=C(O)c1ccc(CSc2nc3ccc(NC(=O)C4CCCCC4C(=O)O)cc3s2)cc1. The van der Waals surface area contributed by atoms with Crippen LogP contribution in [0.5, 0.6) is 0 Å². The third kappa shape index (κ3) is 5.11. The largest absolute Gasteiger partial charge is 0.481 e. The zero-order chi connectivity index (χ0) is 22.7. The van der Waals surface area contributed by atoms with Crippen LogP contribution in [-0.4, -0.2) is 33.0 Å². The van der Waals surface area contributed by atoms with Crippen molar-refractivity contribution in [2.75, 3.05) is 5.32 Å². The molecule has 0 spiro atoms. The first-order valence-corrected chi connectivity index (χ1v) is 12.1. The minimum Gasteiger partial charge on any atom is -0.481 e. The van der Waals surface area contributed by atoms with E-state index in [2.05, 4.69) is 10.3 Å². The summed E-state index contributed by atoms with van der Waals surface area (Å²) in [5.41, 5.74) is 2.74. The summed E-state index contributed by atoms with van der Waals surface area (Å²) < 4.78 is 1.81. The van der Waals surface area contributed by atoms with Gasteiger partial charge in [0, 0.05) is 11.4 Å². The molecule has 2 unspecified atom stereocenters. The predicted octanol–water partition coefficient (Wildman–Crippen LogP) is 5.12. The number of carboxylic acid groups (broad SMARTS) is 2. The summed E-state index contributed by atoms with van der Waals surface area (Å²) in [6.45, 7) is 0. The number of fused-ring (bicyclic) bond motifs is 1. The van der Waals surface area contributed by atoms with Gasteiger partial charge in [-0.3, -0.25) is 9.59 Å². The monoisotopic (exact) mass is 470 g/mol. The Labute approximate surface area is 192 Å². The molecular weight excluding hydrogens is 448 g/mol. The summed E-state index contributed by atoms with van der Waals surface area (Å²) in [6.07, 6.45) is 2.85. The number of rotatable bonds is 7. The fourth-order valence-electron chi connectivity index (χ4n) is 3.91. The fourth-order valence-corrected chi connectivity index (χ4v) is 5.97. The Kier molecular flexibility index (Phi) is 6.76. The molecular formula is C23H22N2O5S2. The van der Waals surface area contributed by atoms with Crippen LogP contribution in [0.2, 0.25) is 0 Å². The highest BCUT2D eigenvalue weighted by atomic mass is 32.2. The van der Waals surface area contributed by atoms with E-state index in [9.17, 15) is 19.5 Å². The number of thioether (sulfide) groups is 1. The van der Waals surface area contributed by atoms with Crippen molar-refractivity contribution in [2.24, 2.45) is 11.8 Å². The average molecular weight is 471 g/mol. The van der Waals surface area contributed by atoms with Crippen LogP contribution >= 0.6 is 23.1 Å². The fraction of sp³-hybridized carbons (Fsp3) is 0.304. The first kappa shape index (κ1) is 22.3. The van der Waals surface area contributed by atoms with Crippen molar-refractivity contribution in [3.63, 3.8) is 0 Å². The van der Waals surface area contributed by atoms with E-state index >= 15 is 0 Å². The van der Waals surface area contributed by atoms with Crippen LogP contribution in [0.3, 0.4) is 0 Å². The van der Waals surface area contributed by atoms with Crippen LogP contribution in [0.4, 0.5) is 5.69 Å². The molecule has 1 fully saturated rings. The zero-order valence-corrected chi connectivity index (χ0v) is 18.7. The van der Waals surface area contributed by atoms with E-state index in [0.717, 1.165) is 33.0 Å². The van der Waals surface area contributed by atoms with Crippen molar-refractivity contribution in [2.45, 2.75) is 35.8 Å². The Balaban J connectivity index is 1.41. The van der Waals surface area contributed by atoms with E-state index in [1.54, 1.807) is 42.1 Å². The van der Waals surface area contributed by atoms with Crippen LogP contribution in [0.25, 0.3) is 10.2 Å². The van der Waals surface area contributed by atoms with E-state index in [1.807, 2.05) is 12.1 Å². The van der Waals surface area contributed by atoms with Gasteiger partial charge in [0.2, 0.25) is 5.91 Å². The van der Waals surface area contributed by atoms with Gasteiger partial charge in [-0.15, -0.1) is 11.3 Å². The summed E-state index contributed by atoms with van der Waals surface area (Å²) in [6, 6.07) is 12.3. The van der Waals surface area contributed by atoms with Crippen LogP contribution in [0.15, 0.2) is 46.8 Å². The summed E-state index contributed by atoms with van der Waals surface area (Å²) in [7, 11) is 0. The van der Waals surface area contributed by atoms with Crippen molar-refractivity contribution in [1.29, 1.82) is 0 Å². The van der Waals surface area contributed by atoms with Gasteiger partial charge in [-0.1, -0.05) is 36.7 Å². The maximum Gasteiger partial charge on any atom is 0.335 e. The number of hydrogen-bond acceptors (Lipinski definition) is 6. The molecule has 1 saturated carbocycles. The number of amides is 1. The topological polar surface area (TPSA) is 117 Å². The highest BCUT2D eigenvalue weighted by Crippen LogP contribution is 2.34. The number of benzene rings is 2. The molecule has 2 aromatic carbocycles. The van der Waals surface area contributed by atoms with Crippen LogP contribution in [0, 0.1) is 11.8 Å². The van der Waals surface area contributed by atoms with E-state index < -0.39 is 23.8 Å². The molecule has 1 aromatic heterocycles. The molecule has 32 heavy (non-hydrogen) atoms. The Bertz CT molecular complexity index is 1160. The Morgan fingerprint density at radius 1 is 1.03 bits per heavy atom. The minimum atomic E-state index is -0.944. The highest BCUT2D eigenvalue weighted by molar-refractivity contribution is 8.00. The minimum absolute atomic E-state index is 0.236. The second-order valence-electron chi connectivity index (χ2n) is 7.78. The van der Waals surface area contributed by atoms with Gasteiger partial charge in [0.05, 0.1) is 27.6 Å². The Hall–Kier alpha value is -2.91. The quantitative estimate of drug-likeness (QED) is 0.411. The molecule has 0 aliphatic heterocycles. The van der Waals surface area contributed by atoms with Crippen LogP contribution in [-0.2, 0) is 15.3 Å². The lowest BCUT2D eigenvalue weighted by atomic mass is 9.78. The van der Waals surface area contributed by atoms with Gasteiger partial charge in [0.1, 0.15) is 0 Å². The first-order valence-electron chi connectivity index (χ1n) is 10.3. The molecule has 0 bridgehead atoms. The van der Waals surface area contributed by atoms with E-state index in [1.165, 1.54) is 11.3 Å². The van der Waals surface area contributed by atoms with Gasteiger partial charge in [-0.2, -0.15) is 0 Å². The number of aliphatic carboxylic acids is 1. The number of aromatic nitrogens is 1. The second kappa shape index (κ2) is 9.70. The summed E-state index contributed by atoms with van der Waals surface area (Å²) in [5, 5.41) is 21.3. The number of hydrogen-bond donors (Lipinski definition) is 3. The van der Waals surface area contributed by atoms with Gasteiger partial charge in [-0.25, -0.2) is 9.78 Å². The number of thiazole rings is 1. The second-order valence-corrected chi connectivity index (χ2v) is 10.0. The number of carbonyl (C=O) groups excluding carboxylic acids is 1. The summed E-state index contributed by atoms with van der Waals surface area (Å²) in [5.74, 6) is -2.54. The number of nitrogens with one attached hydrogen (secondary N) is 1. The van der Waals surface area contributed by atoms with Crippen molar-refractivity contribution in [3.05, 3.63) is 53.6 Å². The van der Waals surface area contributed by atoms with Gasteiger partial charge < -0.3 is 15.5 Å². The molecule has 9 heteroatoms. The van der Waals surface area contributed by atoms with Crippen molar-refractivity contribution in [3.8, 4) is 0 Å². The number of carbonyl (C=O) groups is 3. The molecule has 1 heterocycles. The molecule has 1 amide bonds. The van der Waals surface area contributed by atoms with Gasteiger partial charge >= 0.3 is 11.9 Å². The molecule has 0 saturated heterocycles.